The zero-order chi connectivity index (χ0) is 28.2. The minimum Gasteiger partial charge on any atom is -0.481 e. The van der Waals surface area contributed by atoms with Gasteiger partial charge in [-0.05, 0) is 62.6 Å². The van der Waals surface area contributed by atoms with Gasteiger partial charge in [-0.15, -0.1) is 0 Å². The summed E-state index contributed by atoms with van der Waals surface area (Å²) in [5.74, 6) is -0.632. The van der Waals surface area contributed by atoms with Crippen LogP contribution >= 0.6 is 11.3 Å². The monoisotopic (exact) mass is 548 g/mol. The lowest BCUT2D eigenvalue weighted by atomic mass is 9.79. The van der Waals surface area contributed by atoms with Crippen molar-refractivity contribution in [1.29, 1.82) is 0 Å². The van der Waals surface area contributed by atoms with Crippen LogP contribution < -0.4 is 10.6 Å². The average molecular weight is 549 g/mol. The van der Waals surface area contributed by atoms with Crippen LogP contribution in [0.5, 0.6) is 0 Å². The Bertz CT molecular complexity index is 1450. The van der Waals surface area contributed by atoms with E-state index in [4.69, 9.17) is 0 Å². The zero-order valence-electron chi connectivity index (χ0n) is 22.1. The number of aromatic nitrogens is 2. The predicted molar refractivity (Wildman–Crippen MR) is 155 cm³/mol. The van der Waals surface area contributed by atoms with Gasteiger partial charge < -0.3 is 20.4 Å². The highest BCUT2D eigenvalue weighted by molar-refractivity contribution is 7.22. The van der Waals surface area contributed by atoms with Gasteiger partial charge in [0, 0.05) is 37.6 Å². The lowest BCUT2D eigenvalue weighted by molar-refractivity contribution is -0.160. The molecule has 10 nitrogen and oxygen atoms in total. The zero-order valence-corrected chi connectivity index (χ0v) is 23.0. The topological polar surface area (TPSA) is 140 Å². The Morgan fingerprint density at radius 2 is 2.15 bits per heavy atom. The van der Waals surface area contributed by atoms with E-state index in [1.165, 1.54) is 18.3 Å². The second kappa shape index (κ2) is 11.7. The third-order valence-electron chi connectivity index (χ3n) is 6.77. The summed E-state index contributed by atoms with van der Waals surface area (Å²) in [6.45, 7) is 10.4. The summed E-state index contributed by atoms with van der Waals surface area (Å²) < 4.78 is 0.890. The maximum atomic E-state index is 12.1. The maximum absolute atomic E-state index is 12.1. The number of carboxylic acids is 1. The first kappa shape index (κ1) is 27.9. The predicted octanol–water partition coefficient (Wildman–Crippen LogP) is 4.60. The number of hydrogen-bond donors (Lipinski definition) is 4. The van der Waals surface area contributed by atoms with Crippen molar-refractivity contribution >= 4 is 50.5 Å². The van der Waals surface area contributed by atoms with E-state index in [0.717, 1.165) is 27.1 Å². The second-order valence-corrected chi connectivity index (χ2v) is 10.5. The highest BCUT2D eigenvalue weighted by Crippen LogP contribution is 2.37. The minimum absolute atomic E-state index is 0.112. The van der Waals surface area contributed by atoms with Gasteiger partial charge in [-0.1, -0.05) is 30.1 Å². The number of allylic oxidation sites excluding steroid dienone is 2. The summed E-state index contributed by atoms with van der Waals surface area (Å²) in [6, 6.07) is 9.32. The van der Waals surface area contributed by atoms with E-state index in [0.29, 0.717) is 36.0 Å². The van der Waals surface area contributed by atoms with Crippen LogP contribution in [-0.4, -0.2) is 69.0 Å². The van der Waals surface area contributed by atoms with Crippen LogP contribution in [0, 0.1) is 5.41 Å². The lowest BCUT2D eigenvalue weighted by Gasteiger charge is -2.41. The maximum Gasteiger partial charge on any atom is 0.321 e. The molecule has 2 unspecified atom stereocenters. The Morgan fingerprint density at radius 3 is 2.82 bits per heavy atom. The number of carboxylic acid groups (broad SMARTS) is 1. The standard InChI is InChI=1S/C28H32N6O4S/c1-5-18(15-31-17(3)34-12-10-23(35)28(4,16-34)25(36)37)19-13-20(21-9-7-8-11-30-21)24-22(14-19)32-27(39-24)33-26(38)29-6-2/h5,7-9,11,13-15,23,35H,3,6,10,12,16H2,1-2,4H3,(H,36,37)(H2,29,32,33,38)/b18-5+,31-15-. The van der Waals surface area contributed by atoms with Gasteiger partial charge in [-0.3, -0.25) is 15.1 Å². The lowest BCUT2D eigenvalue weighted by Crippen LogP contribution is -2.53. The summed E-state index contributed by atoms with van der Waals surface area (Å²) in [7, 11) is 0. The summed E-state index contributed by atoms with van der Waals surface area (Å²) in [5.41, 5.74) is 2.71. The molecule has 0 spiro atoms. The van der Waals surface area contributed by atoms with Crippen LogP contribution in [0.1, 0.15) is 32.8 Å². The third kappa shape index (κ3) is 5.99. The van der Waals surface area contributed by atoms with E-state index >= 15 is 0 Å². The number of pyridine rings is 1. The number of carbonyl (C=O) groups excluding carboxylic acids is 1. The van der Waals surface area contributed by atoms with Gasteiger partial charge in [0.1, 0.15) is 11.2 Å². The molecule has 1 fully saturated rings. The molecule has 3 aromatic rings. The van der Waals surface area contributed by atoms with Crippen molar-refractivity contribution in [3.8, 4) is 11.3 Å². The number of anilines is 1. The molecule has 0 saturated carbocycles. The van der Waals surface area contributed by atoms with Crippen molar-refractivity contribution in [1.82, 2.24) is 20.2 Å². The molecule has 204 valence electrons. The molecule has 0 aliphatic carbocycles. The van der Waals surface area contributed by atoms with E-state index in [-0.39, 0.29) is 12.6 Å². The van der Waals surface area contributed by atoms with Gasteiger partial charge in [0.25, 0.3) is 0 Å². The first-order valence-corrected chi connectivity index (χ1v) is 13.4. The number of hydrogen-bond acceptors (Lipinski definition) is 8. The molecule has 2 amide bonds. The van der Waals surface area contributed by atoms with Crippen LogP contribution in [0.4, 0.5) is 9.93 Å². The highest BCUT2D eigenvalue weighted by Gasteiger charge is 2.45. The number of urea groups is 1. The molecular formula is C28H32N6O4S. The molecule has 4 N–H and O–H groups in total. The largest absolute Gasteiger partial charge is 0.481 e. The highest BCUT2D eigenvalue weighted by atomic mass is 32.1. The molecule has 11 heteroatoms. The van der Waals surface area contributed by atoms with Gasteiger partial charge in [-0.2, -0.15) is 0 Å². The van der Waals surface area contributed by atoms with Gasteiger partial charge in [0.15, 0.2) is 5.13 Å². The Morgan fingerprint density at radius 1 is 1.36 bits per heavy atom. The van der Waals surface area contributed by atoms with Crippen molar-refractivity contribution < 1.29 is 19.8 Å². The molecule has 0 bridgehead atoms. The smallest absolute Gasteiger partial charge is 0.321 e. The van der Waals surface area contributed by atoms with E-state index < -0.39 is 17.5 Å². The van der Waals surface area contributed by atoms with E-state index in [1.54, 1.807) is 17.3 Å². The molecule has 1 aliphatic heterocycles. The number of aliphatic imine (C=N–C) groups is 1. The van der Waals surface area contributed by atoms with Crippen LogP contribution in [-0.2, 0) is 4.79 Å². The fourth-order valence-electron chi connectivity index (χ4n) is 4.42. The van der Waals surface area contributed by atoms with Gasteiger partial charge >= 0.3 is 12.0 Å². The third-order valence-corrected chi connectivity index (χ3v) is 7.79. The van der Waals surface area contributed by atoms with E-state index in [9.17, 15) is 19.8 Å². The molecule has 4 rings (SSSR count). The van der Waals surface area contributed by atoms with Gasteiger partial charge in [-0.25, -0.2) is 14.8 Å². The van der Waals surface area contributed by atoms with Gasteiger partial charge in [0.2, 0.25) is 0 Å². The Kier molecular flexibility index (Phi) is 8.41. The molecule has 2 aromatic heterocycles. The molecule has 3 heterocycles. The van der Waals surface area contributed by atoms with E-state index in [2.05, 4.69) is 32.2 Å². The summed E-state index contributed by atoms with van der Waals surface area (Å²) in [4.78, 5) is 39.4. The number of rotatable bonds is 8. The molecule has 1 saturated heterocycles. The number of carbonyl (C=O) groups is 2. The molecule has 0 radical (unpaired) electrons. The Balaban J connectivity index is 1.66. The number of aliphatic hydroxyl groups is 1. The van der Waals surface area contributed by atoms with Gasteiger partial charge in [0.05, 0.1) is 22.0 Å². The number of nitrogens with one attached hydrogen (secondary N) is 2. The van der Waals surface area contributed by atoms with Crippen molar-refractivity contribution in [2.75, 3.05) is 25.0 Å². The van der Waals surface area contributed by atoms with Crippen molar-refractivity contribution in [3.05, 3.63) is 60.6 Å². The number of nitrogens with zero attached hydrogens (tertiary/aromatic N) is 4. The van der Waals surface area contributed by atoms with Crippen molar-refractivity contribution in [2.45, 2.75) is 33.3 Å². The summed E-state index contributed by atoms with van der Waals surface area (Å²) >= 11 is 1.37. The molecule has 2 atom stereocenters. The first-order chi connectivity index (χ1) is 18.7. The summed E-state index contributed by atoms with van der Waals surface area (Å²) in [5, 5.41) is 25.9. The number of fused-ring (bicyclic) bond motifs is 1. The van der Waals surface area contributed by atoms with Crippen molar-refractivity contribution in [3.63, 3.8) is 0 Å². The number of thiazole rings is 1. The van der Waals surface area contributed by atoms with Crippen LogP contribution in [0.3, 0.4) is 0 Å². The van der Waals surface area contributed by atoms with Crippen LogP contribution in [0.25, 0.3) is 27.0 Å². The number of likely N-dealkylation sites (tertiary alicyclic amines) is 1. The number of aliphatic carboxylic acids is 1. The Labute approximate surface area is 230 Å². The molecular weight excluding hydrogens is 516 g/mol. The SMILES string of the molecule is C=C(/N=C\C(=C/C)c1cc(-c2ccccn2)c2sc(NC(=O)NCC)nc2c1)N1CCC(O)C(C)(C(=O)O)C1. The first-order valence-electron chi connectivity index (χ1n) is 12.6. The quantitative estimate of drug-likeness (QED) is 0.302. The van der Waals surface area contributed by atoms with Crippen LogP contribution in [0.15, 0.2) is 60.0 Å². The normalized spacial score (nSPS) is 19.8. The number of benzene rings is 1. The second-order valence-electron chi connectivity index (χ2n) is 9.46. The van der Waals surface area contributed by atoms with Crippen LogP contribution in [0.2, 0.25) is 0 Å². The molecule has 1 aromatic carbocycles. The number of piperidine rings is 1. The molecule has 39 heavy (non-hydrogen) atoms. The fraction of sp³-hybridized carbons (Fsp3) is 0.321. The number of aliphatic hydroxyl groups excluding tert-OH is 1. The Hall–Kier alpha value is -4.09. The fourth-order valence-corrected chi connectivity index (χ4v) is 5.38. The molecule has 1 aliphatic rings. The van der Waals surface area contributed by atoms with E-state index in [1.807, 2.05) is 50.3 Å². The summed E-state index contributed by atoms with van der Waals surface area (Å²) in [6.07, 6.45) is 4.72. The average Bonchev–Trinajstić information content (AvgIpc) is 3.32. The minimum atomic E-state index is -1.30. The number of amides is 2. The van der Waals surface area contributed by atoms with Crippen molar-refractivity contribution in [2.24, 2.45) is 10.4 Å².